The molecule has 0 fully saturated rings. The van der Waals surface area contributed by atoms with Crippen LogP contribution in [-0.4, -0.2) is 69.1 Å². The molecule has 172 valence electrons. The van der Waals surface area contributed by atoms with Gasteiger partial charge in [0, 0.05) is 6.54 Å². The number of carboxylic acids is 1. The molecule has 1 aromatic carbocycles. The van der Waals surface area contributed by atoms with E-state index in [1.165, 1.54) is 18.2 Å². The molecular formula is C19H25NO11. The van der Waals surface area contributed by atoms with Crippen LogP contribution in [0.2, 0.25) is 0 Å². The molecule has 0 spiro atoms. The number of hydrogen-bond donors (Lipinski definition) is 2. The number of hydrogen-bond acceptors (Lipinski definition) is 11. The second-order valence-corrected chi connectivity index (χ2v) is 6.01. The van der Waals surface area contributed by atoms with Gasteiger partial charge in [-0.3, -0.25) is 4.79 Å². The minimum Gasteiger partial charge on any atom is -0.480 e. The van der Waals surface area contributed by atoms with E-state index in [-0.39, 0.29) is 31.1 Å². The van der Waals surface area contributed by atoms with Crippen molar-refractivity contribution in [1.82, 2.24) is 5.32 Å². The molecule has 12 heteroatoms. The highest BCUT2D eigenvalue weighted by Crippen LogP contribution is 2.29. The first kappa shape index (κ1) is 25.5. The average Bonchev–Trinajstić information content (AvgIpc) is 2.72. The molecule has 12 nitrogen and oxygen atoms in total. The fraction of sp³-hybridized carbons (Fsp3) is 0.474. The van der Waals surface area contributed by atoms with Crippen LogP contribution in [0, 0.1) is 0 Å². The Morgan fingerprint density at radius 3 is 2.16 bits per heavy atom. The second kappa shape index (κ2) is 12.9. The van der Waals surface area contributed by atoms with Gasteiger partial charge in [-0.2, -0.15) is 0 Å². The summed E-state index contributed by atoms with van der Waals surface area (Å²) in [5, 5.41) is 12.3. The predicted molar refractivity (Wildman–Crippen MR) is 103 cm³/mol. The van der Waals surface area contributed by atoms with Crippen molar-refractivity contribution in [2.45, 2.75) is 32.4 Å². The highest BCUT2D eigenvalue weighted by Gasteiger charge is 2.22. The zero-order valence-electron chi connectivity index (χ0n) is 17.5. The van der Waals surface area contributed by atoms with E-state index in [1.54, 1.807) is 13.8 Å². The third-order valence-electron chi connectivity index (χ3n) is 3.68. The van der Waals surface area contributed by atoms with Gasteiger partial charge in [-0.05, 0) is 38.0 Å². The van der Waals surface area contributed by atoms with Crippen LogP contribution in [0.5, 0.6) is 11.5 Å². The summed E-state index contributed by atoms with van der Waals surface area (Å²) in [5.41, 5.74) is 0.440. The average molecular weight is 443 g/mol. The van der Waals surface area contributed by atoms with Gasteiger partial charge in [-0.25, -0.2) is 14.4 Å². The van der Waals surface area contributed by atoms with Crippen LogP contribution in [0.25, 0.3) is 0 Å². The molecule has 1 rings (SSSR count). The number of ether oxygens (including phenoxy) is 6. The third-order valence-corrected chi connectivity index (χ3v) is 3.68. The molecule has 0 heterocycles. The summed E-state index contributed by atoms with van der Waals surface area (Å²) in [7, 11) is 2.20. The molecule has 0 saturated heterocycles. The highest BCUT2D eigenvalue weighted by atomic mass is 16.7. The topological polar surface area (TPSA) is 156 Å². The van der Waals surface area contributed by atoms with E-state index in [0.717, 1.165) is 14.2 Å². The van der Waals surface area contributed by atoms with Crippen LogP contribution in [0.15, 0.2) is 18.2 Å². The summed E-state index contributed by atoms with van der Waals surface area (Å²) < 4.78 is 28.3. The van der Waals surface area contributed by atoms with Gasteiger partial charge >= 0.3 is 24.4 Å². The summed E-state index contributed by atoms with van der Waals surface area (Å²) in [6.07, 6.45) is -3.63. The number of benzene rings is 1. The molecule has 0 aromatic heterocycles. The van der Waals surface area contributed by atoms with Crippen molar-refractivity contribution in [1.29, 1.82) is 0 Å². The maximum absolute atomic E-state index is 11.6. The number of rotatable bonds is 10. The molecule has 1 aromatic rings. The predicted octanol–water partition coefficient (Wildman–Crippen LogP) is 2.12. The summed E-state index contributed by atoms with van der Waals surface area (Å²) in [6, 6.07) is 3.06. The van der Waals surface area contributed by atoms with E-state index >= 15 is 0 Å². The van der Waals surface area contributed by atoms with E-state index in [9.17, 15) is 24.3 Å². The Kier molecular flexibility index (Phi) is 10.6. The first-order valence-electron chi connectivity index (χ1n) is 9.14. The van der Waals surface area contributed by atoms with Gasteiger partial charge in [-0.15, -0.1) is 0 Å². The van der Waals surface area contributed by atoms with Gasteiger partial charge < -0.3 is 38.8 Å². The molecule has 1 unspecified atom stereocenters. The Morgan fingerprint density at radius 1 is 1.00 bits per heavy atom. The molecule has 0 aliphatic heterocycles. The Morgan fingerprint density at radius 2 is 1.61 bits per heavy atom. The van der Waals surface area contributed by atoms with Crippen molar-refractivity contribution >= 4 is 24.4 Å². The zero-order chi connectivity index (χ0) is 23.4. The lowest BCUT2D eigenvalue weighted by Crippen LogP contribution is -2.42. The summed E-state index contributed by atoms with van der Waals surface area (Å²) in [6.45, 7) is 3.40. The molecule has 2 N–H and O–H groups in total. The van der Waals surface area contributed by atoms with Crippen molar-refractivity contribution in [3.8, 4) is 11.5 Å². The van der Waals surface area contributed by atoms with E-state index in [2.05, 4.69) is 19.5 Å². The summed E-state index contributed by atoms with van der Waals surface area (Å²) in [4.78, 5) is 45.8. The van der Waals surface area contributed by atoms with E-state index < -0.39 is 36.6 Å². The monoisotopic (exact) mass is 443 g/mol. The quantitative estimate of drug-likeness (QED) is 0.309. The number of methoxy groups -OCH3 is 2. The molecule has 0 radical (unpaired) electrons. The Labute approximate surface area is 178 Å². The molecule has 0 aliphatic carbocycles. The van der Waals surface area contributed by atoms with Gasteiger partial charge in [0.2, 0.25) is 0 Å². The fourth-order valence-corrected chi connectivity index (χ4v) is 2.25. The Hall–Kier alpha value is -3.54. The number of carbonyl (C=O) groups is 4. The van der Waals surface area contributed by atoms with E-state index in [4.69, 9.17) is 14.2 Å². The van der Waals surface area contributed by atoms with E-state index in [0.29, 0.717) is 5.56 Å². The van der Waals surface area contributed by atoms with Gasteiger partial charge in [0.25, 0.3) is 0 Å². The molecule has 31 heavy (non-hydrogen) atoms. The number of nitrogens with one attached hydrogen (secondary N) is 1. The van der Waals surface area contributed by atoms with Crippen molar-refractivity contribution in [3.63, 3.8) is 0 Å². The van der Waals surface area contributed by atoms with Crippen LogP contribution >= 0.6 is 0 Å². The van der Waals surface area contributed by atoms with Crippen LogP contribution in [-0.2, 0) is 30.2 Å². The highest BCUT2D eigenvalue weighted by molar-refractivity contribution is 5.74. The molecule has 0 saturated carbocycles. The Bertz CT molecular complexity index is 780. The lowest BCUT2D eigenvalue weighted by atomic mass is 10.0. The summed E-state index contributed by atoms with van der Waals surface area (Å²) in [5.74, 6) is -1.45. The molecule has 0 bridgehead atoms. The van der Waals surface area contributed by atoms with Crippen LogP contribution < -0.4 is 14.8 Å². The number of carbonyl (C=O) groups excluding carboxylic acids is 3. The van der Waals surface area contributed by atoms with Gasteiger partial charge in [0.15, 0.2) is 11.5 Å². The zero-order valence-corrected chi connectivity index (χ0v) is 17.5. The van der Waals surface area contributed by atoms with Crippen LogP contribution in [0.1, 0.15) is 19.4 Å². The minimum atomic E-state index is -1.16. The lowest BCUT2D eigenvalue weighted by Gasteiger charge is -2.19. The minimum absolute atomic E-state index is 0.0303. The molecular weight excluding hydrogens is 418 g/mol. The van der Waals surface area contributed by atoms with Crippen LogP contribution in [0.4, 0.5) is 14.4 Å². The Balaban J connectivity index is 2.90. The van der Waals surface area contributed by atoms with Gasteiger partial charge in [0.05, 0.1) is 20.8 Å². The standard InChI is InChI=1S/C19H25NO11/c1-5-28-19(25)29-11(2)10-20-13(16(21)22)8-12-6-7-14(30-17(23)26-3)15(9-12)31-18(24)27-4/h6-7,9,11,13,20H,5,8,10H2,1-4H3,(H,21,22)/t11?,13-/m0/s1. The molecule has 0 amide bonds. The molecule has 0 aliphatic rings. The van der Waals surface area contributed by atoms with Gasteiger partial charge in [0.1, 0.15) is 12.1 Å². The fourth-order valence-electron chi connectivity index (χ4n) is 2.25. The molecule has 2 atom stereocenters. The third kappa shape index (κ3) is 9.21. The van der Waals surface area contributed by atoms with Crippen molar-refractivity contribution in [2.24, 2.45) is 0 Å². The second-order valence-electron chi connectivity index (χ2n) is 6.01. The largest absolute Gasteiger partial charge is 0.513 e. The van der Waals surface area contributed by atoms with Crippen molar-refractivity contribution < 1.29 is 52.7 Å². The van der Waals surface area contributed by atoms with Crippen molar-refractivity contribution in [2.75, 3.05) is 27.4 Å². The van der Waals surface area contributed by atoms with Crippen molar-refractivity contribution in [3.05, 3.63) is 23.8 Å². The maximum Gasteiger partial charge on any atom is 0.513 e. The lowest BCUT2D eigenvalue weighted by molar-refractivity contribution is -0.139. The number of aliphatic carboxylic acids is 1. The van der Waals surface area contributed by atoms with Gasteiger partial charge in [-0.1, -0.05) is 6.07 Å². The SMILES string of the molecule is CCOC(=O)OC(C)CN[C@@H](Cc1ccc(OC(=O)OC)c(OC(=O)OC)c1)C(=O)O. The number of carboxylic acid groups (broad SMARTS) is 1. The summed E-state index contributed by atoms with van der Waals surface area (Å²) >= 11 is 0. The van der Waals surface area contributed by atoms with Crippen LogP contribution in [0.3, 0.4) is 0 Å². The maximum atomic E-state index is 11.6. The van der Waals surface area contributed by atoms with E-state index in [1.807, 2.05) is 0 Å². The first-order chi connectivity index (χ1) is 14.7. The first-order valence-corrected chi connectivity index (χ1v) is 9.14. The normalized spacial score (nSPS) is 12.1. The smallest absolute Gasteiger partial charge is 0.480 e.